The second-order valence-electron chi connectivity index (χ2n) is 9.41. The molecule has 0 saturated carbocycles. The highest BCUT2D eigenvalue weighted by Crippen LogP contribution is 2.28. The van der Waals surface area contributed by atoms with E-state index in [0.29, 0.717) is 25.9 Å². The van der Waals surface area contributed by atoms with Gasteiger partial charge in [0.25, 0.3) is 0 Å². The average Bonchev–Trinajstić information content (AvgIpc) is 3.33. The van der Waals surface area contributed by atoms with Crippen molar-refractivity contribution in [2.45, 2.75) is 59.2 Å². The normalized spacial score (nSPS) is 15.9. The van der Waals surface area contributed by atoms with Gasteiger partial charge >= 0.3 is 0 Å². The third kappa shape index (κ3) is 6.38. The molecule has 0 radical (unpaired) electrons. The molecule has 0 fully saturated rings. The number of allylic oxidation sites excluding steroid dienone is 1. The van der Waals surface area contributed by atoms with E-state index in [0.717, 1.165) is 11.3 Å². The smallest absolute Gasteiger partial charge is 0.246 e. The molecule has 5 heteroatoms. The third-order valence-corrected chi connectivity index (χ3v) is 6.31. The molecule has 0 unspecified atom stereocenters. The number of carbonyl (C=O) groups excluding carboxylic acids is 2. The van der Waals surface area contributed by atoms with Gasteiger partial charge in [-0.3, -0.25) is 9.59 Å². The molecule has 0 spiro atoms. The molecule has 2 aromatic rings. The zero-order valence-electron chi connectivity index (χ0n) is 18.1. The Morgan fingerprint density at radius 2 is 1.80 bits per heavy atom. The van der Waals surface area contributed by atoms with E-state index in [-0.39, 0.29) is 23.0 Å². The van der Waals surface area contributed by atoms with Crippen molar-refractivity contribution in [3.8, 4) is 0 Å². The van der Waals surface area contributed by atoms with Crippen LogP contribution < -0.4 is 5.73 Å². The Morgan fingerprint density at radius 1 is 1.13 bits per heavy atom. The highest BCUT2D eigenvalue weighted by Gasteiger charge is 2.25. The SMILES string of the molecule is CC(C)(C)C[C@@H](/C=C/C(=O)N1Cc2ccccc2C1)CC(=O)[C@@H](N)Cc1cccs1. The summed E-state index contributed by atoms with van der Waals surface area (Å²) >= 11 is 1.62. The first kappa shape index (κ1) is 22.4. The van der Waals surface area contributed by atoms with E-state index < -0.39 is 6.04 Å². The van der Waals surface area contributed by atoms with Crippen LogP contribution >= 0.6 is 11.3 Å². The van der Waals surface area contributed by atoms with Crippen LogP contribution in [-0.4, -0.2) is 22.6 Å². The zero-order chi connectivity index (χ0) is 21.7. The molecule has 0 saturated heterocycles. The fraction of sp³-hybridized carbons (Fsp3) is 0.440. The van der Waals surface area contributed by atoms with Gasteiger partial charge in [-0.05, 0) is 46.4 Å². The van der Waals surface area contributed by atoms with Gasteiger partial charge in [0, 0.05) is 30.8 Å². The summed E-state index contributed by atoms with van der Waals surface area (Å²) in [5, 5.41) is 2.00. The standard InChI is InChI=1S/C25H32N2O2S/c1-25(2,3)15-18(13-23(28)22(26)14-21-9-6-12-30-21)10-11-24(29)27-16-19-7-4-5-8-20(19)17-27/h4-12,18,22H,13-17,26H2,1-3H3/b11-10+/t18-,22-/m0/s1. The summed E-state index contributed by atoms with van der Waals surface area (Å²) in [6, 6.07) is 11.6. The van der Waals surface area contributed by atoms with Crippen LogP contribution in [0.25, 0.3) is 0 Å². The fourth-order valence-corrected chi connectivity index (χ4v) is 4.74. The van der Waals surface area contributed by atoms with Gasteiger partial charge in [-0.1, -0.05) is 57.2 Å². The van der Waals surface area contributed by atoms with Gasteiger partial charge < -0.3 is 10.6 Å². The number of amides is 1. The number of nitrogens with zero attached hydrogens (tertiary/aromatic N) is 1. The molecule has 4 nitrogen and oxygen atoms in total. The summed E-state index contributed by atoms with van der Waals surface area (Å²) in [5.74, 6) is 0.0598. The van der Waals surface area contributed by atoms with Crippen LogP contribution in [0.4, 0.5) is 0 Å². The van der Waals surface area contributed by atoms with Crippen molar-refractivity contribution in [2.24, 2.45) is 17.1 Å². The molecule has 3 rings (SSSR count). The van der Waals surface area contributed by atoms with E-state index in [1.54, 1.807) is 17.4 Å². The first-order chi connectivity index (χ1) is 14.2. The Labute approximate surface area is 183 Å². The van der Waals surface area contributed by atoms with E-state index in [1.807, 2.05) is 40.6 Å². The zero-order valence-corrected chi connectivity index (χ0v) is 19.0. The first-order valence-electron chi connectivity index (χ1n) is 10.6. The Hall–Kier alpha value is -2.24. The van der Waals surface area contributed by atoms with Gasteiger partial charge in [-0.25, -0.2) is 0 Å². The summed E-state index contributed by atoms with van der Waals surface area (Å²) in [7, 11) is 0. The molecule has 2 N–H and O–H groups in total. The van der Waals surface area contributed by atoms with Crippen LogP contribution in [0.1, 0.15) is 49.6 Å². The van der Waals surface area contributed by atoms with Crippen LogP contribution in [-0.2, 0) is 29.1 Å². The Morgan fingerprint density at radius 3 is 2.37 bits per heavy atom. The molecular weight excluding hydrogens is 392 g/mol. The number of Topliss-reactive ketones (excluding diaryl/α,β-unsaturated/α-hetero) is 1. The van der Waals surface area contributed by atoms with Gasteiger partial charge in [0.2, 0.25) is 5.91 Å². The number of thiophene rings is 1. The largest absolute Gasteiger partial charge is 0.330 e. The lowest BCUT2D eigenvalue weighted by atomic mass is 9.81. The van der Waals surface area contributed by atoms with Crippen LogP contribution in [0.2, 0.25) is 0 Å². The summed E-state index contributed by atoms with van der Waals surface area (Å²) in [4.78, 5) is 28.5. The second kappa shape index (κ2) is 9.71. The van der Waals surface area contributed by atoms with Crippen molar-refractivity contribution in [1.82, 2.24) is 4.90 Å². The third-order valence-electron chi connectivity index (χ3n) is 5.42. The van der Waals surface area contributed by atoms with E-state index in [4.69, 9.17) is 5.73 Å². The molecule has 0 bridgehead atoms. The van der Waals surface area contributed by atoms with E-state index in [1.165, 1.54) is 11.1 Å². The summed E-state index contributed by atoms with van der Waals surface area (Å²) in [5.41, 5.74) is 8.66. The summed E-state index contributed by atoms with van der Waals surface area (Å²) < 4.78 is 0. The predicted octanol–water partition coefficient (Wildman–Crippen LogP) is 4.73. The van der Waals surface area contributed by atoms with E-state index in [2.05, 4.69) is 32.9 Å². The molecule has 30 heavy (non-hydrogen) atoms. The fourth-order valence-electron chi connectivity index (χ4n) is 3.98. The minimum absolute atomic E-state index is 0.000409. The molecule has 1 amide bonds. The lowest BCUT2D eigenvalue weighted by molar-refractivity contribution is -0.126. The van der Waals surface area contributed by atoms with Gasteiger partial charge in [0.1, 0.15) is 5.78 Å². The summed E-state index contributed by atoms with van der Waals surface area (Å²) in [6.45, 7) is 7.76. The number of rotatable bonds is 8. The maximum Gasteiger partial charge on any atom is 0.246 e. The number of fused-ring (bicyclic) bond motifs is 1. The average molecular weight is 425 g/mol. The van der Waals surface area contributed by atoms with E-state index in [9.17, 15) is 9.59 Å². The molecule has 1 aliphatic heterocycles. The monoisotopic (exact) mass is 424 g/mol. The lowest BCUT2D eigenvalue weighted by Gasteiger charge is -2.24. The maximum absolute atomic E-state index is 12.8. The number of nitrogens with two attached hydrogens (primary N) is 1. The van der Waals surface area contributed by atoms with Crippen LogP contribution in [0.3, 0.4) is 0 Å². The first-order valence-corrected chi connectivity index (χ1v) is 11.4. The van der Waals surface area contributed by atoms with Crippen LogP contribution in [0.5, 0.6) is 0 Å². The minimum Gasteiger partial charge on any atom is -0.330 e. The quantitative estimate of drug-likeness (QED) is 0.623. The highest BCUT2D eigenvalue weighted by molar-refractivity contribution is 7.09. The van der Waals surface area contributed by atoms with Crippen molar-refractivity contribution in [3.05, 3.63) is 69.9 Å². The minimum atomic E-state index is -0.497. The molecule has 1 aromatic carbocycles. The van der Waals surface area contributed by atoms with Crippen LogP contribution in [0.15, 0.2) is 53.9 Å². The molecule has 2 atom stereocenters. The predicted molar refractivity (Wildman–Crippen MR) is 123 cm³/mol. The van der Waals surface area contributed by atoms with Crippen molar-refractivity contribution < 1.29 is 9.59 Å². The molecule has 2 heterocycles. The number of carbonyl (C=O) groups is 2. The maximum atomic E-state index is 12.8. The van der Waals surface area contributed by atoms with Crippen molar-refractivity contribution in [2.75, 3.05) is 0 Å². The molecule has 160 valence electrons. The molecule has 1 aliphatic rings. The molecule has 0 aliphatic carbocycles. The topological polar surface area (TPSA) is 63.4 Å². The van der Waals surface area contributed by atoms with Gasteiger partial charge in [-0.2, -0.15) is 0 Å². The van der Waals surface area contributed by atoms with Gasteiger partial charge in [-0.15, -0.1) is 11.3 Å². The highest BCUT2D eigenvalue weighted by atomic mass is 32.1. The number of ketones is 1. The lowest BCUT2D eigenvalue weighted by Crippen LogP contribution is -2.34. The van der Waals surface area contributed by atoms with Crippen LogP contribution in [0, 0.1) is 11.3 Å². The van der Waals surface area contributed by atoms with E-state index >= 15 is 0 Å². The second-order valence-corrected chi connectivity index (χ2v) is 10.4. The van der Waals surface area contributed by atoms with Crippen molar-refractivity contribution in [3.63, 3.8) is 0 Å². The number of benzene rings is 1. The molecule has 1 aromatic heterocycles. The summed E-state index contributed by atoms with van der Waals surface area (Å²) in [6.07, 6.45) is 5.35. The van der Waals surface area contributed by atoms with Crippen molar-refractivity contribution in [1.29, 1.82) is 0 Å². The van der Waals surface area contributed by atoms with Crippen molar-refractivity contribution >= 4 is 23.0 Å². The van der Waals surface area contributed by atoms with Gasteiger partial charge in [0.05, 0.1) is 6.04 Å². The number of hydrogen-bond acceptors (Lipinski definition) is 4. The Kier molecular flexibility index (Phi) is 7.27. The Balaban J connectivity index is 1.61. The number of hydrogen-bond donors (Lipinski definition) is 1. The van der Waals surface area contributed by atoms with Gasteiger partial charge in [0.15, 0.2) is 0 Å². The Bertz CT molecular complexity index is 871. The molecular formula is C25H32N2O2S.